The molecule has 0 aromatic heterocycles. The van der Waals surface area contributed by atoms with Gasteiger partial charge in [-0.15, -0.1) is 0 Å². The summed E-state index contributed by atoms with van der Waals surface area (Å²) in [6.07, 6.45) is 0.250. The maximum atomic E-state index is 12.0. The number of carbonyl (C=O) groups is 4. The van der Waals surface area contributed by atoms with Crippen molar-refractivity contribution >= 4 is 41.1 Å². The van der Waals surface area contributed by atoms with Crippen molar-refractivity contribution in [3.05, 3.63) is 180 Å². The minimum atomic E-state index is -0.879. The third-order valence-electron chi connectivity index (χ3n) is 5.70. The molecule has 0 radical (unpaired) electrons. The third kappa shape index (κ3) is 17.4. The Kier molecular flexibility index (Phi) is 19.9. The van der Waals surface area contributed by atoms with Crippen LogP contribution in [0.4, 0.5) is 0 Å². The second-order valence-electron chi connectivity index (χ2n) is 9.35. The van der Waals surface area contributed by atoms with Gasteiger partial charge in [-0.2, -0.15) is 9.59 Å². The van der Waals surface area contributed by atoms with Gasteiger partial charge in [0.1, 0.15) is 5.71 Å². The Morgan fingerprint density at radius 2 is 0.816 bits per heavy atom. The summed E-state index contributed by atoms with van der Waals surface area (Å²) < 4.78 is 0. The molecule has 0 saturated carbocycles. The van der Waals surface area contributed by atoms with Crippen molar-refractivity contribution in [3.63, 3.8) is 0 Å². The van der Waals surface area contributed by atoms with Crippen LogP contribution in [-0.4, -0.2) is 46.2 Å². The summed E-state index contributed by atoms with van der Waals surface area (Å²) in [5.74, 6) is -1.95. The van der Waals surface area contributed by atoms with Crippen LogP contribution in [0.1, 0.15) is 55.3 Å². The van der Waals surface area contributed by atoms with E-state index >= 15 is 0 Å². The first-order chi connectivity index (χ1) is 23.6. The van der Waals surface area contributed by atoms with E-state index in [0.717, 1.165) is 0 Å². The number of benzene rings is 5. The molecule has 0 heterocycles. The molecule has 10 nitrogen and oxygen atoms in total. The van der Waals surface area contributed by atoms with Gasteiger partial charge in [-0.05, 0) is 38.1 Å². The summed E-state index contributed by atoms with van der Waals surface area (Å²) in [6.45, 7) is 3.00. The van der Waals surface area contributed by atoms with E-state index in [1.807, 2.05) is 48.5 Å². The highest BCUT2D eigenvalue weighted by Gasteiger charge is 2.12. The average molecular weight is 659 g/mol. The quantitative estimate of drug-likeness (QED) is 0.0784. The van der Waals surface area contributed by atoms with Gasteiger partial charge in [-0.25, -0.2) is 9.59 Å². The number of carboxylic acids is 1. The van der Waals surface area contributed by atoms with Crippen molar-refractivity contribution in [1.82, 2.24) is 0 Å². The standard InChI is InChI=1S/C16H13NO3.C9H9NO.C7H6O2.C6H6.CO2/c1-12(15(18)13-8-4-2-5-9-13)17-20-16(19)14-10-6-3-7-11-14;1-7(10)9(11)8-5-3-2-4-6-8;8-7(9)6-4-2-1-3-5-6;1-2-4-6-5-3-1;2-1-3/h2-11H,1H3;2-6,10H,1H3;1-5H,(H,8,9);1-6H;/b17-12+;;;;. The van der Waals surface area contributed by atoms with Crippen LogP contribution in [0.3, 0.4) is 0 Å². The summed E-state index contributed by atoms with van der Waals surface area (Å²) in [6, 6.07) is 46.3. The van der Waals surface area contributed by atoms with Gasteiger partial charge in [-0.3, -0.25) is 9.59 Å². The number of ketones is 2. The molecule has 10 heteroatoms. The minimum absolute atomic E-state index is 0.0798. The lowest BCUT2D eigenvalue weighted by atomic mass is 10.1. The van der Waals surface area contributed by atoms with Crippen LogP contribution in [0.2, 0.25) is 0 Å². The van der Waals surface area contributed by atoms with Gasteiger partial charge >= 0.3 is 18.1 Å². The van der Waals surface area contributed by atoms with Gasteiger partial charge in [-0.1, -0.05) is 139 Å². The number of carbonyl (C=O) groups excluding carboxylic acids is 5. The van der Waals surface area contributed by atoms with Crippen molar-refractivity contribution in [2.75, 3.05) is 0 Å². The van der Waals surface area contributed by atoms with Gasteiger partial charge in [0, 0.05) is 11.1 Å². The van der Waals surface area contributed by atoms with Gasteiger partial charge < -0.3 is 15.4 Å². The number of oxime groups is 1. The van der Waals surface area contributed by atoms with E-state index in [9.17, 15) is 19.2 Å². The number of nitrogens with zero attached hydrogens (tertiary/aromatic N) is 1. The molecule has 0 fully saturated rings. The van der Waals surface area contributed by atoms with E-state index < -0.39 is 11.9 Å². The second kappa shape index (κ2) is 24.3. The molecule has 49 heavy (non-hydrogen) atoms. The van der Waals surface area contributed by atoms with Gasteiger partial charge in [0.25, 0.3) is 0 Å². The molecule has 0 bridgehead atoms. The fourth-order valence-corrected chi connectivity index (χ4v) is 3.35. The Balaban J connectivity index is 0.000000348. The highest BCUT2D eigenvalue weighted by atomic mass is 16.7. The molecule has 5 aromatic carbocycles. The van der Waals surface area contributed by atoms with E-state index in [1.165, 1.54) is 13.8 Å². The van der Waals surface area contributed by atoms with Gasteiger partial charge in [0.15, 0.2) is 0 Å². The molecule has 0 aliphatic rings. The molecular formula is C39H34N2O8. The number of rotatable bonds is 7. The highest BCUT2D eigenvalue weighted by Crippen LogP contribution is 2.05. The summed E-state index contributed by atoms with van der Waals surface area (Å²) in [5.41, 5.74) is 2.01. The Morgan fingerprint density at radius 1 is 0.531 bits per heavy atom. The number of Topliss-reactive ketones (excluding diaryl/α,β-unsaturated/α-hetero) is 2. The van der Waals surface area contributed by atoms with Crippen molar-refractivity contribution in [3.8, 4) is 0 Å². The number of aromatic carboxylic acids is 1. The van der Waals surface area contributed by atoms with Crippen LogP contribution < -0.4 is 0 Å². The molecule has 0 aliphatic heterocycles. The summed E-state index contributed by atoms with van der Waals surface area (Å²) in [5, 5.41) is 19.1. The smallest absolute Gasteiger partial charge is 0.373 e. The predicted octanol–water partition coefficient (Wildman–Crippen LogP) is 7.50. The largest absolute Gasteiger partial charge is 0.478 e. The summed E-state index contributed by atoms with van der Waals surface area (Å²) in [7, 11) is 0. The second-order valence-corrected chi connectivity index (χ2v) is 9.35. The highest BCUT2D eigenvalue weighted by molar-refractivity contribution is 6.45. The zero-order valence-electron chi connectivity index (χ0n) is 26.8. The zero-order chi connectivity index (χ0) is 36.3. The minimum Gasteiger partial charge on any atom is -0.478 e. The van der Waals surface area contributed by atoms with Crippen molar-refractivity contribution in [1.29, 1.82) is 5.41 Å². The maximum Gasteiger partial charge on any atom is 0.373 e. The molecule has 0 unspecified atom stereocenters. The Labute approximate surface area is 283 Å². The normalized spacial score (nSPS) is 9.31. The monoisotopic (exact) mass is 658 g/mol. The SMILES string of the molecule is C/C(=N\OC(=O)c1ccccc1)C(=O)c1ccccc1.CC(=N)C(=O)c1ccccc1.O=C(O)c1ccccc1.O=C=O.c1ccccc1. The molecule has 5 aromatic rings. The number of hydrogen-bond donors (Lipinski definition) is 2. The lowest BCUT2D eigenvalue weighted by Gasteiger charge is -2.01. The van der Waals surface area contributed by atoms with Crippen LogP contribution in [-0.2, 0) is 14.4 Å². The van der Waals surface area contributed by atoms with E-state index in [2.05, 4.69) is 5.16 Å². The molecule has 0 aliphatic carbocycles. The van der Waals surface area contributed by atoms with Crippen molar-refractivity contribution in [2.45, 2.75) is 13.8 Å². The number of hydrogen-bond acceptors (Lipinski definition) is 9. The average Bonchev–Trinajstić information content (AvgIpc) is 3.16. The predicted molar refractivity (Wildman–Crippen MR) is 185 cm³/mol. The van der Waals surface area contributed by atoms with Crippen LogP contribution in [0.25, 0.3) is 0 Å². The topological polar surface area (TPSA) is 168 Å². The molecule has 0 amide bonds. The lowest BCUT2D eigenvalue weighted by molar-refractivity contribution is -0.191. The summed E-state index contributed by atoms with van der Waals surface area (Å²) in [4.78, 5) is 66.0. The fourth-order valence-electron chi connectivity index (χ4n) is 3.35. The Morgan fingerprint density at radius 3 is 1.12 bits per heavy atom. The molecule has 0 atom stereocenters. The summed E-state index contributed by atoms with van der Waals surface area (Å²) >= 11 is 0. The van der Waals surface area contributed by atoms with E-state index in [1.54, 1.807) is 109 Å². The van der Waals surface area contributed by atoms with Gasteiger partial charge in [0.2, 0.25) is 11.6 Å². The molecule has 5 rings (SSSR count). The van der Waals surface area contributed by atoms with E-state index in [-0.39, 0.29) is 29.1 Å². The molecule has 2 N–H and O–H groups in total. The molecule has 0 saturated heterocycles. The van der Waals surface area contributed by atoms with E-state index in [4.69, 9.17) is 24.9 Å². The first-order valence-electron chi connectivity index (χ1n) is 14.5. The van der Waals surface area contributed by atoms with Crippen LogP contribution >= 0.6 is 0 Å². The first kappa shape index (κ1) is 40.1. The number of nitrogens with one attached hydrogen (secondary N) is 1. The Bertz CT molecular complexity index is 1760. The molecular weight excluding hydrogens is 624 g/mol. The van der Waals surface area contributed by atoms with Crippen LogP contribution in [0.5, 0.6) is 0 Å². The fraction of sp³-hybridized carbons (Fsp3) is 0.0513. The van der Waals surface area contributed by atoms with Gasteiger partial charge in [0.05, 0.1) is 16.8 Å². The zero-order valence-corrected chi connectivity index (χ0v) is 26.8. The van der Waals surface area contributed by atoms with Crippen LogP contribution in [0, 0.1) is 5.41 Å². The lowest BCUT2D eigenvalue weighted by Crippen LogP contribution is -2.12. The third-order valence-corrected chi connectivity index (χ3v) is 5.70. The van der Waals surface area contributed by atoms with Crippen molar-refractivity contribution < 1.29 is 38.7 Å². The molecule has 248 valence electrons. The van der Waals surface area contributed by atoms with Crippen molar-refractivity contribution in [2.24, 2.45) is 5.16 Å². The molecule has 0 spiro atoms. The van der Waals surface area contributed by atoms with Crippen LogP contribution in [0.15, 0.2) is 163 Å². The Hall–Kier alpha value is -6.90. The first-order valence-corrected chi connectivity index (χ1v) is 14.5. The maximum absolute atomic E-state index is 12.0. The number of carboxylic acid groups (broad SMARTS) is 1. The van der Waals surface area contributed by atoms with E-state index in [0.29, 0.717) is 22.3 Å².